The molecule has 0 unspecified atom stereocenters. The van der Waals surface area contributed by atoms with Gasteiger partial charge in [-0.3, -0.25) is 4.79 Å². The van der Waals surface area contributed by atoms with E-state index >= 15 is 0 Å². The average Bonchev–Trinajstić information content (AvgIpc) is 2.15. The molecular weight excluding hydrogens is 168 g/mol. The lowest BCUT2D eigenvalue weighted by Gasteiger charge is -2.41. The normalized spacial score (nSPS) is 40.4. The van der Waals surface area contributed by atoms with Gasteiger partial charge in [-0.1, -0.05) is 0 Å². The van der Waals surface area contributed by atoms with Gasteiger partial charge in [0.15, 0.2) is 0 Å². The minimum atomic E-state index is -0.364. The quantitative estimate of drug-likeness (QED) is 0.470. The number of nitrogens with one attached hydrogen (secondary N) is 2. The third kappa shape index (κ3) is 1.56. The lowest BCUT2D eigenvalue weighted by atomic mass is 9.79. The summed E-state index contributed by atoms with van der Waals surface area (Å²) in [5.74, 6) is 0.116. The van der Waals surface area contributed by atoms with Crippen LogP contribution in [0.1, 0.15) is 25.7 Å². The van der Waals surface area contributed by atoms with Crippen LogP contribution < -0.4 is 10.6 Å². The molecule has 4 heteroatoms. The van der Waals surface area contributed by atoms with E-state index in [2.05, 4.69) is 10.6 Å². The first kappa shape index (κ1) is 8.97. The highest BCUT2D eigenvalue weighted by atomic mass is 16.3. The molecule has 4 nitrogen and oxygen atoms in total. The molecule has 1 heterocycles. The van der Waals surface area contributed by atoms with Gasteiger partial charge in [0, 0.05) is 13.1 Å². The van der Waals surface area contributed by atoms with Crippen molar-refractivity contribution in [1.29, 1.82) is 0 Å². The second-order valence-electron chi connectivity index (χ2n) is 4.00. The van der Waals surface area contributed by atoms with Crippen molar-refractivity contribution in [1.82, 2.24) is 10.6 Å². The van der Waals surface area contributed by atoms with Crippen LogP contribution in [0.4, 0.5) is 0 Å². The molecule has 74 valence electrons. The Morgan fingerprint density at radius 3 is 2.62 bits per heavy atom. The number of hydrogen-bond acceptors (Lipinski definition) is 3. The van der Waals surface area contributed by atoms with Gasteiger partial charge in [0.05, 0.1) is 11.6 Å². The molecule has 13 heavy (non-hydrogen) atoms. The van der Waals surface area contributed by atoms with Crippen molar-refractivity contribution in [2.24, 2.45) is 0 Å². The number of aliphatic hydroxyl groups excluding tert-OH is 1. The highest BCUT2D eigenvalue weighted by molar-refractivity contribution is 5.87. The van der Waals surface area contributed by atoms with Crippen LogP contribution in [0, 0.1) is 0 Å². The summed E-state index contributed by atoms with van der Waals surface area (Å²) in [4.78, 5) is 11.6. The van der Waals surface area contributed by atoms with Crippen molar-refractivity contribution in [2.45, 2.75) is 37.3 Å². The highest BCUT2D eigenvalue weighted by Crippen LogP contribution is 2.29. The van der Waals surface area contributed by atoms with Gasteiger partial charge in [0.25, 0.3) is 0 Å². The Bertz CT molecular complexity index is 210. The topological polar surface area (TPSA) is 61.4 Å². The predicted octanol–water partition coefficient (Wildman–Crippen LogP) is -0.621. The van der Waals surface area contributed by atoms with Crippen LogP contribution in [0.3, 0.4) is 0 Å². The number of amides is 1. The summed E-state index contributed by atoms with van der Waals surface area (Å²) < 4.78 is 0. The van der Waals surface area contributed by atoms with E-state index in [4.69, 9.17) is 0 Å². The molecule has 2 aliphatic rings. The summed E-state index contributed by atoms with van der Waals surface area (Å²) in [7, 11) is 0. The van der Waals surface area contributed by atoms with Crippen molar-refractivity contribution >= 4 is 5.91 Å². The van der Waals surface area contributed by atoms with E-state index in [0.717, 1.165) is 38.8 Å². The number of rotatable bonds is 0. The Hall–Kier alpha value is -0.610. The van der Waals surface area contributed by atoms with Gasteiger partial charge in [-0.15, -0.1) is 0 Å². The first-order chi connectivity index (χ1) is 6.23. The molecule has 0 aromatic rings. The molecule has 1 spiro atoms. The van der Waals surface area contributed by atoms with Crippen LogP contribution in [0.5, 0.6) is 0 Å². The summed E-state index contributed by atoms with van der Waals surface area (Å²) in [6.45, 7) is 1.57. The van der Waals surface area contributed by atoms with Crippen molar-refractivity contribution in [3.8, 4) is 0 Å². The Labute approximate surface area is 77.7 Å². The van der Waals surface area contributed by atoms with Crippen molar-refractivity contribution in [2.75, 3.05) is 13.1 Å². The van der Waals surface area contributed by atoms with Gasteiger partial charge >= 0.3 is 0 Å². The zero-order valence-electron chi connectivity index (χ0n) is 7.68. The molecule has 1 saturated carbocycles. The summed E-state index contributed by atoms with van der Waals surface area (Å²) in [6, 6.07) is 0. The largest absolute Gasteiger partial charge is 0.393 e. The predicted molar refractivity (Wildman–Crippen MR) is 48.2 cm³/mol. The molecule has 2 fully saturated rings. The number of aliphatic hydroxyl groups is 1. The Morgan fingerprint density at radius 2 is 2.00 bits per heavy atom. The van der Waals surface area contributed by atoms with Crippen LogP contribution >= 0.6 is 0 Å². The second kappa shape index (κ2) is 3.27. The van der Waals surface area contributed by atoms with E-state index in [9.17, 15) is 9.90 Å². The number of carbonyl (C=O) groups is 1. The third-order valence-corrected chi connectivity index (χ3v) is 3.12. The lowest BCUT2D eigenvalue weighted by molar-refractivity contribution is -0.131. The van der Waals surface area contributed by atoms with Crippen LogP contribution in [-0.4, -0.2) is 35.7 Å². The summed E-state index contributed by atoms with van der Waals surface area (Å²) >= 11 is 0. The molecule has 0 radical (unpaired) electrons. The Kier molecular flexibility index (Phi) is 2.26. The standard InChI is InChI=1S/C9H16N2O2/c12-7-1-3-9(4-2-7)8(13)10-5-6-11-9/h7,11-12H,1-6H2,(H,10,13)/t7-,9-. The van der Waals surface area contributed by atoms with E-state index < -0.39 is 0 Å². The molecule has 1 amide bonds. The fourth-order valence-corrected chi connectivity index (χ4v) is 2.23. The molecule has 1 aliphatic heterocycles. The van der Waals surface area contributed by atoms with Gasteiger partial charge in [-0.2, -0.15) is 0 Å². The molecule has 1 saturated heterocycles. The van der Waals surface area contributed by atoms with Gasteiger partial charge in [-0.25, -0.2) is 0 Å². The number of carbonyl (C=O) groups excluding carboxylic acids is 1. The fraction of sp³-hybridized carbons (Fsp3) is 0.889. The van der Waals surface area contributed by atoms with Crippen molar-refractivity contribution in [3.05, 3.63) is 0 Å². The maximum atomic E-state index is 11.6. The molecule has 2 rings (SSSR count). The second-order valence-corrected chi connectivity index (χ2v) is 4.00. The summed E-state index contributed by atoms with van der Waals surface area (Å²) in [6.07, 6.45) is 2.79. The first-order valence-electron chi connectivity index (χ1n) is 4.94. The Balaban J connectivity index is 2.06. The number of piperazine rings is 1. The molecule has 0 atom stereocenters. The molecular formula is C9H16N2O2. The Morgan fingerprint density at radius 1 is 1.31 bits per heavy atom. The van der Waals surface area contributed by atoms with Crippen molar-refractivity contribution in [3.63, 3.8) is 0 Å². The van der Waals surface area contributed by atoms with E-state index in [1.165, 1.54) is 0 Å². The summed E-state index contributed by atoms with van der Waals surface area (Å²) in [5, 5.41) is 15.5. The maximum Gasteiger partial charge on any atom is 0.240 e. The molecule has 3 N–H and O–H groups in total. The minimum Gasteiger partial charge on any atom is -0.393 e. The van der Waals surface area contributed by atoms with E-state index in [1.54, 1.807) is 0 Å². The fourth-order valence-electron chi connectivity index (χ4n) is 2.23. The minimum absolute atomic E-state index is 0.116. The van der Waals surface area contributed by atoms with Gasteiger partial charge in [0.1, 0.15) is 0 Å². The molecule has 0 aromatic carbocycles. The molecule has 1 aliphatic carbocycles. The highest BCUT2D eigenvalue weighted by Gasteiger charge is 2.42. The molecule has 0 bridgehead atoms. The maximum absolute atomic E-state index is 11.6. The average molecular weight is 184 g/mol. The molecule has 0 aromatic heterocycles. The van der Waals surface area contributed by atoms with E-state index in [0.29, 0.717) is 0 Å². The van der Waals surface area contributed by atoms with Gasteiger partial charge < -0.3 is 15.7 Å². The zero-order chi connectivity index (χ0) is 9.31. The lowest BCUT2D eigenvalue weighted by Crippen LogP contribution is -2.64. The first-order valence-corrected chi connectivity index (χ1v) is 4.94. The van der Waals surface area contributed by atoms with Crippen LogP contribution in [-0.2, 0) is 4.79 Å². The summed E-state index contributed by atoms with van der Waals surface area (Å²) in [5.41, 5.74) is -0.364. The van der Waals surface area contributed by atoms with Gasteiger partial charge in [0.2, 0.25) is 5.91 Å². The number of hydrogen-bond donors (Lipinski definition) is 3. The van der Waals surface area contributed by atoms with Crippen LogP contribution in [0.25, 0.3) is 0 Å². The monoisotopic (exact) mass is 184 g/mol. The van der Waals surface area contributed by atoms with Crippen molar-refractivity contribution < 1.29 is 9.90 Å². The van der Waals surface area contributed by atoms with Crippen LogP contribution in [0.15, 0.2) is 0 Å². The third-order valence-electron chi connectivity index (χ3n) is 3.12. The van der Waals surface area contributed by atoms with E-state index in [-0.39, 0.29) is 17.6 Å². The SMILES string of the molecule is O=C1NCCN[C@]12CC[C@H](O)CC2. The van der Waals surface area contributed by atoms with Crippen LogP contribution in [0.2, 0.25) is 0 Å². The van der Waals surface area contributed by atoms with E-state index in [1.807, 2.05) is 0 Å². The van der Waals surface area contributed by atoms with Gasteiger partial charge in [-0.05, 0) is 25.7 Å². The smallest absolute Gasteiger partial charge is 0.240 e. The zero-order valence-corrected chi connectivity index (χ0v) is 7.68.